The van der Waals surface area contributed by atoms with Crippen molar-refractivity contribution in [3.8, 4) is 0 Å². The van der Waals surface area contributed by atoms with Gasteiger partial charge in [-0.3, -0.25) is 9.89 Å². The topological polar surface area (TPSA) is 70.7 Å². The molecule has 2 N–H and O–H groups in total. The number of hydrogen-bond donors (Lipinski definition) is 2. The maximum Gasteiger partial charge on any atom is 0.291 e. The van der Waals surface area contributed by atoms with Crippen molar-refractivity contribution in [2.24, 2.45) is 0 Å². The Kier molecular flexibility index (Phi) is 3.72. The summed E-state index contributed by atoms with van der Waals surface area (Å²) in [5, 5.41) is 9.48. The molecule has 2 rings (SSSR count). The van der Waals surface area contributed by atoms with Crippen LogP contribution in [-0.4, -0.2) is 21.1 Å². The van der Waals surface area contributed by atoms with Gasteiger partial charge in [0.15, 0.2) is 0 Å². The summed E-state index contributed by atoms with van der Waals surface area (Å²) in [5.74, 6) is 0.643. The predicted molar refractivity (Wildman–Crippen MR) is 68.1 cm³/mol. The van der Waals surface area contributed by atoms with Gasteiger partial charge < -0.3 is 5.32 Å². The van der Waals surface area contributed by atoms with Gasteiger partial charge in [-0.15, -0.1) is 5.10 Å². The van der Waals surface area contributed by atoms with Gasteiger partial charge in [-0.1, -0.05) is 37.3 Å². The van der Waals surface area contributed by atoms with Crippen molar-refractivity contribution in [3.05, 3.63) is 47.5 Å². The Hall–Kier alpha value is -2.17. The fourth-order valence-electron chi connectivity index (χ4n) is 1.64. The molecule has 1 unspecified atom stereocenters. The number of aryl methyl sites for hydroxylation is 1. The minimum atomic E-state index is -0.262. The minimum Gasteiger partial charge on any atom is -0.343 e. The fraction of sp³-hybridized carbons (Fsp3) is 0.308. The molecule has 1 atom stereocenters. The smallest absolute Gasteiger partial charge is 0.291 e. The Morgan fingerprint density at radius 2 is 2.11 bits per heavy atom. The van der Waals surface area contributed by atoms with Gasteiger partial charge >= 0.3 is 0 Å². The summed E-state index contributed by atoms with van der Waals surface area (Å²) in [6.45, 7) is 3.88. The molecule has 2 aromatic rings. The van der Waals surface area contributed by atoms with Crippen LogP contribution in [0, 0.1) is 0 Å². The normalized spacial score (nSPS) is 12.1. The third-order valence-corrected chi connectivity index (χ3v) is 2.72. The molecule has 5 heteroatoms. The Bertz CT molecular complexity index is 521. The third-order valence-electron chi connectivity index (χ3n) is 2.72. The van der Waals surface area contributed by atoms with E-state index in [1.54, 1.807) is 0 Å². The third kappa shape index (κ3) is 2.74. The molecule has 94 valence electrons. The summed E-state index contributed by atoms with van der Waals surface area (Å²) >= 11 is 0. The largest absolute Gasteiger partial charge is 0.343 e. The van der Waals surface area contributed by atoms with E-state index in [1.165, 1.54) is 0 Å². The molecule has 0 aliphatic heterocycles. The summed E-state index contributed by atoms with van der Waals surface area (Å²) in [6.07, 6.45) is 0.731. The van der Waals surface area contributed by atoms with E-state index in [1.807, 2.05) is 44.2 Å². The Morgan fingerprint density at radius 1 is 1.39 bits per heavy atom. The van der Waals surface area contributed by atoms with E-state index < -0.39 is 0 Å². The second-order valence-electron chi connectivity index (χ2n) is 4.07. The summed E-state index contributed by atoms with van der Waals surface area (Å²) in [7, 11) is 0. The maximum atomic E-state index is 11.9. The van der Waals surface area contributed by atoms with Gasteiger partial charge in [0.05, 0.1) is 6.04 Å². The Morgan fingerprint density at radius 3 is 2.72 bits per heavy atom. The molecule has 18 heavy (non-hydrogen) atoms. The molecule has 0 aliphatic rings. The summed E-state index contributed by atoms with van der Waals surface area (Å²) < 4.78 is 0. The number of amides is 1. The molecule has 0 fully saturated rings. The number of rotatable bonds is 4. The fourth-order valence-corrected chi connectivity index (χ4v) is 1.64. The average molecular weight is 244 g/mol. The molecule has 0 bridgehead atoms. The van der Waals surface area contributed by atoms with Crippen LogP contribution in [0.1, 0.15) is 41.9 Å². The van der Waals surface area contributed by atoms with Crippen LogP contribution in [0.5, 0.6) is 0 Å². The first-order valence-electron chi connectivity index (χ1n) is 5.97. The summed E-state index contributed by atoms with van der Waals surface area (Å²) in [5.41, 5.74) is 1.05. The van der Waals surface area contributed by atoms with Crippen LogP contribution in [-0.2, 0) is 6.42 Å². The van der Waals surface area contributed by atoms with Crippen molar-refractivity contribution in [1.82, 2.24) is 20.5 Å². The van der Waals surface area contributed by atoms with Crippen molar-refractivity contribution < 1.29 is 4.79 Å². The molecule has 0 spiro atoms. The van der Waals surface area contributed by atoms with Crippen molar-refractivity contribution >= 4 is 5.91 Å². The van der Waals surface area contributed by atoms with Crippen LogP contribution >= 0.6 is 0 Å². The average Bonchev–Trinajstić information content (AvgIpc) is 2.88. The van der Waals surface area contributed by atoms with Crippen LogP contribution in [0.4, 0.5) is 0 Å². The van der Waals surface area contributed by atoms with Gasteiger partial charge in [-0.2, -0.15) is 0 Å². The van der Waals surface area contributed by atoms with E-state index in [4.69, 9.17) is 0 Å². The second-order valence-corrected chi connectivity index (χ2v) is 4.07. The molecule has 5 nitrogen and oxygen atoms in total. The molecule has 1 amide bonds. The number of H-pyrrole nitrogens is 1. The van der Waals surface area contributed by atoms with Crippen LogP contribution in [0.2, 0.25) is 0 Å². The van der Waals surface area contributed by atoms with Crippen LogP contribution in [0.25, 0.3) is 0 Å². The number of nitrogens with one attached hydrogen (secondary N) is 2. The lowest BCUT2D eigenvalue weighted by Gasteiger charge is -2.12. The first kappa shape index (κ1) is 12.3. The van der Waals surface area contributed by atoms with Gasteiger partial charge in [0.2, 0.25) is 5.82 Å². The molecule has 0 radical (unpaired) electrons. The zero-order valence-corrected chi connectivity index (χ0v) is 10.5. The number of benzene rings is 1. The van der Waals surface area contributed by atoms with E-state index in [0.29, 0.717) is 5.82 Å². The molecule has 0 aliphatic carbocycles. The van der Waals surface area contributed by atoms with Crippen molar-refractivity contribution in [2.45, 2.75) is 26.3 Å². The Labute approximate surface area is 106 Å². The van der Waals surface area contributed by atoms with Crippen molar-refractivity contribution in [3.63, 3.8) is 0 Å². The standard InChI is InChI=1S/C13H16N4O/c1-3-11-15-12(17-16-11)13(18)14-9(2)10-7-5-4-6-8-10/h4-9H,3H2,1-2H3,(H,14,18)(H,15,16,17). The zero-order valence-electron chi connectivity index (χ0n) is 10.5. The summed E-state index contributed by atoms with van der Waals surface area (Å²) in [4.78, 5) is 16.0. The SMILES string of the molecule is CCc1nc(C(=O)NC(C)c2ccccc2)n[nH]1. The van der Waals surface area contributed by atoms with Gasteiger partial charge in [-0.25, -0.2) is 4.98 Å². The van der Waals surface area contributed by atoms with E-state index >= 15 is 0 Å². The van der Waals surface area contributed by atoms with E-state index in [2.05, 4.69) is 20.5 Å². The number of aromatic amines is 1. The van der Waals surface area contributed by atoms with Gasteiger partial charge in [-0.05, 0) is 12.5 Å². The lowest BCUT2D eigenvalue weighted by molar-refractivity contribution is 0.0929. The molecule has 1 aromatic carbocycles. The molecule has 0 saturated heterocycles. The van der Waals surface area contributed by atoms with E-state index in [9.17, 15) is 4.79 Å². The van der Waals surface area contributed by atoms with Gasteiger partial charge in [0, 0.05) is 6.42 Å². The van der Waals surface area contributed by atoms with Crippen LogP contribution in [0.15, 0.2) is 30.3 Å². The van der Waals surface area contributed by atoms with Crippen LogP contribution in [0.3, 0.4) is 0 Å². The van der Waals surface area contributed by atoms with Crippen molar-refractivity contribution in [1.29, 1.82) is 0 Å². The molecule has 1 heterocycles. The number of hydrogen-bond acceptors (Lipinski definition) is 3. The quantitative estimate of drug-likeness (QED) is 0.862. The maximum absolute atomic E-state index is 11.9. The highest BCUT2D eigenvalue weighted by atomic mass is 16.2. The zero-order chi connectivity index (χ0) is 13.0. The van der Waals surface area contributed by atoms with E-state index in [-0.39, 0.29) is 17.8 Å². The monoisotopic (exact) mass is 244 g/mol. The number of nitrogens with zero attached hydrogens (tertiary/aromatic N) is 2. The van der Waals surface area contributed by atoms with Gasteiger partial charge in [0.25, 0.3) is 5.91 Å². The number of carbonyl (C=O) groups is 1. The van der Waals surface area contributed by atoms with Crippen LogP contribution < -0.4 is 5.32 Å². The van der Waals surface area contributed by atoms with Gasteiger partial charge in [0.1, 0.15) is 5.82 Å². The Balaban J connectivity index is 2.03. The van der Waals surface area contributed by atoms with Crippen molar-refractivity contribution in [2.75, 3.05) is 0 Å². The lowest BCUT2D eigenvalue weighted by atomic mass is 10.1. The second kappa shape index (κ2) is 5.44. The minimum absolute atomic E-state index is 0.0673. The highest BCUT2D eigenvalue weighted by molar-refractivity contribution is 5.90. The first-order chi connectivity index (χ1) is 8.70. The lowest BCUT2D eigenvalue weighted by Crippen LogP contribution is -2.27. The predicted octanol–water partition coefficient (Wildman–Crippen LogP) is 1.86. The highest BCUT2D eigenvalue weighted by Gasteiger charge is 2.15. The first-order valence-corrected chi connectivity index (χ1v) is 5.97. The number of carbonyl (C=O) groups excluding carboxylic acids is 1. The summed E-state index contributed by atoms with van der Waals surface area (Å²) in [6, 6.07) is 9.71. The highest BCUT2D eigenvalue weighted by Crippen LogP contribution is 2.11. The van der Waals surface area contributed by atoms with E-state index in [0.717, 1.165) is 12.0 Å². The molecular weight excluding hydrogens is 228 g/mol. The molecule has 0 saturated carbocycles. The molecular formula is C13H16N4O. The number of aromatic nitrogens is 3. The molecule has 1 aromatic heterocycles.